The van der Waals surface area contributed by atoms with Crippen LogP contribution in [0.15, 0.2) is 30.3 Å². The molecule has 0 saturated carbocycles. The summed E-state index contributed by atoms with van der Waals surface area (Å²) in [5.74, 6) is 0.0637. The summed E-state index contributed by atoms with van der Waals surface area (Å²) >= 11 is 0. The SMILES string of the molecule is CC(C)(C)C(=O)N1CCC(C(=O)N2CCCC(C(=O)Nc3ccccc3)C2)CC1. The number of rotatable bonds is 3. The largest absolute Gasteiger partial charge is 0.342 e. The zero-order valence-corrected chi connectivity index (χ0v) is 17.8. The van der Waals surface area contributed by atoms with Gasteiger partial charge in [0.1, 0.15) is 0 Å². The van der Waals surface area contributed by atoms with Crippen molar-refractivity contribution in [2.24, 2.45) is 17.3 Å². The molecule has 158 valence electrons. The minimum Gasteiger partial charge on any atom is -0.342 e. The Morgan fingerprint density at radius 1 is 0.897 bits per heavy atom. The van der Waals surface area contributed by atoms with E-state index in [1.54, 1.807) is 0 Å². The highest BCUT2D eigenvalue weighted by Gasteiger charge is 2.36. The van der Waals surface area contributed by atoms with E-state index >= 15 is 0 Å². The summed E-state index contributed by atoms with van der Waals surface area (Å²) in [6.45, 7) is 8.27. The maximum atomic E-state index is 13.0. The summed E-state index contributed by atoms with van der Waals surface area (Å²) in [7, 11) is 0. The maximum absolute atomic E-state index is 13.0. The average molecular weight is 400 g/mol. The Hall–Kier alpha value is -2.37. The van der Waals surface area contributed by atoms with Gasteiger partial charge >= 0.3 is 0 Å². The van der Waals surface area contributed by atoms with Crippen molar-refractivity contribution in [1.82, 2.24) is 9.80 Å². The van der Waals surface area contributed by atoms with E-state index in [2.05, 4.69) is 5.32 Å². The van der Waals surface area contributed by atoms with E-state index < -0.39 is 0 Å². The molecule has 1 unspecified atom stereocenters. The van der Waals surface area contributed by atoms with Gasteiger partial charge in [0.05, 0.1) is 5.92 Å². The summed E-state index contributed by atoms with van der Waals surface area (Å²) in [6.07, 6.45) is 3.07. The molecule has 6 nitrogen and oxygen atoms in total. The number of anilines is 1. The predicted molar refractivity (Wildman–Crippen MR) is 113 cm³/mol. The summed E-state index contributed by atoms with van der Waals surface area (Å²) < 4.78 is 0. The Balaban J connectivity index is 1.52. The molecule has 2 saturated heterocycles. The van der Waals surface area contributed by atoms with Crippen LogP contribution in [0.25, 0.3) is 0 Å². The summed E-state index contributed by atoms with van der Waals surface area (Å²) in [4.78, 5) is 41.9. The number of benzene rings is 1. The van der Waals surface area contributed by atoms with Gasteiger partial charge in [0, 0.05) is 43.2 Å². The van der Waals surface area contributed by atoms with Gasteiger partial charge in [-0.2, -0.15) is 0 Å². The number of amides is 3. The van der Waals surface area contributed by atoms with Crippen LogP contribution in [0.1, 0.15) is 46.5 Å². The molecule has 29 heavy (non-hydrogen) atoms. The lowest BCUT2D eigenvalue weighted by atomic mass is 9.89. The Labute approximate surface area is 173 Å². The van der Waals surface area contributed by atoms with Crippen LogP contribution in [0, 0.1) is 17.3 Å². The predicted octanol–water partition coefficient (Wildman–Crippen LogP) is 3.15. The van der Waals surface area contributed by atoms with Crippen LogP contribution in [0.4, 0.5) is 5.69 Å². The summed E-state index contributed by atoms with van der Waals surface area (Å²) in [5.41, 5.74) is 0.403. The fraction of sp³-hybridized carbons (Fsp3) is 0.609. The first kappa shape index (κ1) is 21.3. The van der Waals surface area contributed by atoms with Crippen LogP contribution in [0.2, 0.25) is 0 Å². The lowest BCUT2D eigenvalue weighted by Crippen LogP contribution is -2.50. The molecule has 0 aliphatic carbocycles. The van der Waals surface area contributed by atoms with E-state index in [1.807, 2.05) is 60.9 Å². The van der Waals surface area contributed by atoms with Gasteiger partial charge in [0.2, 0.25) is 17.7 Å². The van der Waals surface area contributed by atoms with Crippen molar-refractivity contribution in [3.05, 3.63) is 30.3 Å². The molecule has 3 rings (SSSR count). The number of para-hydroxylation sites is 1. The number of nitrogens with zero attached hydrogens (tertiary/aromatic N) is 2. The van der Waals surface area contributed by atoms with Crippen molar-refractivity contribution in [1.29, 1.82) is 0 Å². The fourth-order valence-corrected chi connectivity index (χ4v) is 4.22. The third-order valence-electron chi connectivity index (χ3n) is 5.92. The third-order valence-corrected chi connectivity index (χ3v) is 5.92. The molecular weight excluding hydrogens is 366 g/mol. The van der Waals surface area contributed by atoms with Gasteiger partial charge in [-0.3, -0.25) is 14.4 Å². The topological polar surface area (TPSA) is 69.7 Å². The molecule has 1 aromatic carbocycles. The highest BCUT2D eigenvalue weighted by molar-refractivity contribution is 5.93. The van der Waals surface area contributed by atoms with Gasteiger partial charge < -0.3 is 15.1 Å². The van der Waals surface area contributed by atoms with Crippen LogP contribution in [0.3, 0.4) is 0 Å². The number of carbonyl (C=O) groups excluding carboxylic acids is 3. The van der Waals surface area contributed by atoms with E-state index in [9.17, 15) is 14.4 Å². The second-order valence-corrected chi connectivity index (χ2v) is 9.30. The van der Waals surface area contributed by atoms with E-state index in [0.29, 0.717) is 32.5 Å². The number of hydrogen-bond acceptors (Lipinski definition) is 3. The Morgan fingerprint density at radius 2 is 1.55 bits per heavy atom. The van der Waals surface area contributed by atoms with Crippen molar-refractivity contribution < 1.29 is 14.4 Å². The first-order valence-electron chi connectivity index (χ1n) is 10.7. The van der Waals surface area contributed by atoms with Gasteiger partial charge in [-0.05, 0) is 37.8 Å². The summed E-state index contributed by atoms with van der Waals surface area (Å²) in [6, 6.07) is 9.44. The maximum Gasteiger partial charge on any atom is 0.229 e. The van der Waals surface area contributed by atoms with Crippen LogP contribution in [-0.2, 0) is 14.4 Å². The number of likely N-dealkylation sites (tertiary alicyclic amines) is 2. The van der Waals surface area contributed by atoms with Crippen LogP contribution in [0.5, 0.6) is 0 Å². The van der Waals surface area contributed by atoms with Gasteiger partial charge in [0.15, 0.2) is 0 Å². The Morgan fingerprint density at radius 3 is 2.17 bits per heavy atom. The van der Waals surface area contributed by atoms with Gasteiger partial charge in [0.25, 0.3) is 0 Å². The lowest BCUT2D eigenvalue weighted by Gasteiger charge is -2.38. The zero-order chi connectivity index (χ0) is 21.0. The van der Waals surface area contributed by atoms with Gasteiger partial charge in [-0.15, -0.1) is 0 Å². The Bertz CT molecular complexity index is 733. The number of hydrogen-bond donors (Lipinski definition) is 1. The molecule has 0 aromatic heterocycles. The zero-order valence-electron chi connectivity index (χ0n) is 17.8. The lowest BCUT2D eigenvalue weighted by molar-refractivity contribution is -0.146. The van der Waals surface area contributed by atoms with E-state index in [4.69, 9.17) is 0 Å². The van der Waals surface area contributed by atoms with Crippen molar-refractivity contribution >= 4 is 23.4 Å². The van der Waals surface area contributed by atoms with E-state index in [-0.39, 0.29) is 35.0 Å². The molecule has 6 heteroatoms. The van der Waals surface area contributed by atoms with Crippen molar-refractivity contribution in [2.45, 2.75) is 46.5 Å². The van der Waals surface area contributed by atoms with Crippen molar-refractivity contribution in [3.8, 4) is 0 Å². The second kappa shape index (κ2) is 8.97. The van der Waals surface area contributed by atoms with E-state index in [1.165, 1.54) is 0 Å². The summed E-state index contributed by atoms with van der Waals surface area (Å²) in [5, 5.41) is 2.96. The monoisotopic (exact) mass is 399 g/mol. The molecular formula is C23H33N3O3. The van der Waals surface area contributed by atoms with Crippen LogP contribution < -0.4 is 5.32 Å². The molecule has 1 N–H and O–H groups in total. The minimum absolute atomic E-state index is 0.0145. The fourth-order valence-electron chi connectivity index (χ4n) is 4.22. The van der Waals surface area contributed by atoms with Crippen LogP contribution >= 0.6 is 0 Å². The van der Waals surface area contributed by atoms with Gasteiger partial charge in [-0.1, -0.05) is 39.0 Å². The Kier molecular flexibility index (Phi) is 6.60. The van der Waals surface area contributed by atoms with E-state index in [0.717, 1.165) is 25.1 Å². The van der Waals surface area contributed by atoms with Crippen molar-refractivity contribution in [3.63, 3.8) is 0 Å². The quantitative estimate of drug-likeness (QED) is 0.849. The number of nitrogens with one attached hydrogen (secondary N) is 1. The molecule has 0 radical (unpaired) electrons. The first-order chi connectivity index (χ1) is 13.8. The molecule has 0 bridgehead atoms. The number of piperidine rings is 2. The van der Waals surface area contributed by atoms with Gasteiger partial charge in [-0.25, -0.2) is 0 Å². The normalized spacial score (nSPS) is 21.0. The highest BCUT2D eigenvalue weighted by Crippen LogP contribution is 2.27. The molecule has 1 atom stereocenters. The molecule has 1 aromatic rings. The minimum atomic E-state index is -0.386. The average Bonchev–Trinajstić information content (AvgIpc) is 2.73. The molecule has 0 spiro atoms. The molecule has 2 aliphatic heterocycles. The standard InChI is InChI=1S/C23H33N3O3/c1-23(2,3)22(29)25-14-11-17(12-15-25)21(28)26-13-7-8-18(16-26)20(27)24-19-9-5-4-6-10-19/h4-6,9-10,17-18H,7-8,11-16H2,1-3H3,(H,24,27). The third kappa shape index (κ3) is 5.37. The molecule has 3 amide bonds. The molecule has 2 aliphatic rings. The first-order valence-corrected chi connectivity index (χ1v) is 10.7. The molecule has 2 fully saturated rings. The highest BCUT2D eigenvalue weighted by atomic mass is 16.2. The van der Waals surface area contributed by atoms with Crippen molar-refractivity contribution in [2.75, 3.05) is 31.5 Å². The smallest absolute Gasteiger partial charge is 0.229 e. The number of carbonyl (C=O) groups is 3. The molecule has 2 heterocycles. The second-order valence-electron chi connectivity index (χ2n) is 9.30. The van der Waals surface area contributed by atoms with Crippen LogP contribution in [-0.4, -0.2) is 53.7 Å².